The number of rotatable bonds is 9. The van der Waals surface area contributed by atoms with Gasteiger partial charge in [0.25, 0.3) is 5.91 Å². The van der Waals surface area contributed by atoms with Crippen molar-refractivity contribution in [1.29, 1.82) is 0 Å². The molecular weight excluding hydrogens is 564 g/mol. The number of esters is 2. The van der Waals surface area contributed by atoms with Crippen LogP contribution in [0.4, 0.5) is 0 Å². The SMILES string of the molecule is CSCc1cc(CC(=O)NC2C(=O)N3C(C(=O)OCc4ccc(OC(=O)C(C)(C)C)cc4)=C(C)CSC23)ccc1O. The van der Waals surface area contributed by atoms with E-state index in [0.29, 0.717) is 22.8 Å². The molecule has 2 amide bonds. The molecule has 2 aliphatic rings. The van der Waals surface area contributed by atoms with Crippen LogP contribution < -0.4 is 10.1 Å². The molecule has 218 valence electrons. The van der Waals surface area contributed by atoms with E-state index in [-0.39, 0.29) is 42.3 Å². The number of carbonyl (C=O) groups is 4. The predicted molar refractivity (Wildman–Crippen MR) is 158 cm³/mol. The quantitative estimate of drug-likeness (QED) is 0.249. The van der Waals surface area contributed by atoms with Gasteiger partial charge in [0.05, 0.1) is 11.8 Å². The zero-order valence-corrected chi connectivity index (χ0v) is 25.3. The molecule has 0 aromatic heterocycles. The summed E-state index contributed by atoms with van der Waals surface area (Å²) in [5.41, 5.74) is 2.49. The van der Waals surface area contributed by atoms with Gasteiger partial charge < -0.3 is 19.9 Å². The molecule has 41 heavy (non-hydrogen) atoms. The number of fused-ring (bicyclic) bond motifs is 1. The van der Waals surface area contributed by atoms with E-state index in [4.69, 9.17) is 9.47 Å². The Morgan fingerprint density at radius 2 is 1.80 bits per heavy atom. The average Bonchev–Trinajstić information content (AvgIpc) is 2.92. The van der Waals surface area contributed by atoms with Gasteiger partial charge in [-0.05, 0) is 68.8 Å². The van der Waals surface area contributed by atoms with Crippen LogP contribution in [0.5, 0.6) is 11.5 Å². The molecule has 1 fully saturated rings. The maximum atomic E-state index is 13.1. The molecule has 2 heterocycles. The number of amides is 2. The van der Waals surface area contributed by atoms with E-state index in [1.165, 1.54) is 16.7 Å². The van der Waals surface area contributed by atoms with Gasteiger partial charge in [-0.15, -0.1) is 11.8 Å². The number of ether oxygens (including phenoxy) is 2. The van der Waals surface area contributed by atoms with Gasteiger partial charge in [-0.1, -0.05) is 24.3 Å². The Bertz CT molecular complexity index is 1380. The van der Waals surface area contributed by atoms with Crippen molar-refractivity contribution in [2.24, 2.45) is 5.41 Å². The Labute approximate surface area is 248 Å². The van der Waals surface area contributed by atoms with Crippen LogP contribution in [0, 0.1) is 5.41 Å². The van der Waals surface area contributed by atoms with Crippen LogP contribution in [0.25, 0.3) is 0 Å². The molecule has 2 atom stereocenters. The Hall–Kier alpha value is -3.44. The van der Waals surface area contributed by atoms with E-state index < -0.39 is 22.8 Å². The smallest absolute Gasteiger partial charge is 0.355 e. The van der Waals surface area contributed by atoms with Gasteiger partial charge in [0, 0.05) is 17.1 Å². The highest BCUT2D eigenvalue weighted by Gasteiger charge is 2.54. The third kappa shape index (κ3) is 7.08. The van der Waals surface area contributed by atoms with Gasteiger partial charge in [-0.25, -0.2) is 4.79 Å². The van der Waals surface area contributed by atoms with Gasteiger partial charge in [0.15, 0.2) is 0 Å². The summed E-state index contributed by atoms with van der Waals surface area (Å²) in [5, 5.41) is 12.4. The summed E-state index contributed by atoms with van der Waals surface area (Å²) in [6.45, 7) is 7.08. The van der Waals surface area contributed by atoms with E-state index in [2.05, 4.69) is 5.32 Å². The summed E-state index contributed by atoms with van der Waals surface area (Å²) < 4.78 is 10.9. The van der Waals surface area contributed by atoms with E-state index in [1.807, 2.05) is 6.26 Å². The van der Waals surface area contributed by atoms with Crippen LogP contribution in [0.15, 0.2) is 53.7 Å². The van der Waals surface area contributed by atoms with Crippen molar-refractivity contribution >= 4 is 47.3 Å². The zero-order chi connectivity index (χ0) is 29.9. The van der Waals surface area contributed by atoms with Crippen LogP contribution in [0.3, 0.4) is 0 Å². The number of phenolic OH excluding ortho intramolecular Hbond substituents is 1. The summed E-state index contributed by atoms with van der Waals surface area (Å²) in [6.07, 6.45) is 2.00. The van der Waals surface area contributed by atoms with Crippen LogP contribution in [0.1, 0.15) is 44.4 Å². The van der Waals surface area contributed by atoms with Crippen molar-refractivity contribution in [2.45, 2.75) is 57.9 Å². The predicted octanol–water partition coefficient (Wildman–Crippen LogP) is 4.17. The molecule has 4 rings (SSSR count). The second-order valence-electron chi connectivity index (χ2n) is 11.0. The molecule has 0 radical (unpaired) electrons. The first-order valence-electron chi connectivity index (χ1n) is 13.1. The van der Waals surface area contributed by atoms with E-state index >= 15 is 0 Å². The molecular formula is C30H34N2O7S2. The Balaban J connectivity index is 1.33. The lowest BCUT2D eigenvalue weighted by Crippen LogP contribution is -2.70. The summed E-state index contributed by atoms with van der Waals surface area (Å²) in [4.78, 5) is 52.4. The lowest BCUT2D eigenvalue weighted by atomic mass is 9.97. The fraction of sp³-hybridized carbons (Fsp3) is 0.400. The summed E-state index contributed by atoms with van der Waals surface area (Å²) in [7, 11) is 0. The minimum atomic E-state index is -0.741. The number of phenols is 1. The Kier molecular flexibility index (Phi) is 9.38. The van der Waals surface area contributed by atoms with Crippen molar-refractivity contribution in [1.82, 2.24) is 10.2 Å². The molecule has 0 bridgehead atoms. The second kappa shape index (κ2) is 12.6. The van der Waals surface area contributed by atoms with Crippen LogP contribution in [0.2, 0.25) is 0 Å². The van der Waals surface area contributed by atoms with Gasteiger partial charge in [-0.2, -0.15) is 11.8 Å². The minimum absolute atomic E-state index is 0.0196. The summed E-state index contributed by atoms with van der Waals surface area (Å²) in [6, 6.07) is 11.0. The van der Waals surface area contributed by atoms with Crippen molar-refractivity contribution in [3.63, 3.8) is 0 Å². The van der Waals surface area contributed by atoms with Crippen molar-refractivity contribution in [3.05, 3.63) is 70.4 Å². The zero-order valence-electron chi connectivity index (χ0n) is 23.7. The molecule has 2 aliphatic heterocycles. The maximum absolute atomic E-state index is 13.1. The van der Waals surface area contributed by atoms with Crippen molar-refractivity contribution in [2.75, 3.05) is 12.0 Å². The number of carbonyl (C=O) groups excluding carboxylic acids is 4. The van der Waals surface area contributed by atoms with Crippen molar-refractivity contribution < 1.29 is 33.8 Å². The Morgan fingerprint density at radius 3 is 2.46 bits per heavy atom. The lowest BCUT2D eigenvalue weighted by molar-refractivity contribution is -0.153. The molecule has 0 aliphatic carbocycles. The molecule has 0 saturated carbocycles. The number of hydrogen-bond donors (Lipinski definition) is 2. The number of nitrogens with zero attached hydrogens (tertiary/aromatic N) is 1. The van der Waals surface area contributed by atoms with Gasteiger partial charge in [0.2, 0.25) is 5.91 Å². The molecule has 11 heteroatoms. The van der Waals surface area contributed by atoms with Gasteiger partial charge in [0.1, 0.15) is 35.2 Å². The number of aromatic hydroxyl groups is 1. The molecule has 0 spiro atoms. The lowest BCUT2D eigenvalue weighted by Gasteiger charge is -2.49. The first-order valence-corrected chi connectivity index (χ1v) is 15.5. The molecule has 2 N–H and O–H groups in total. The fourth-order valence-corrected chi connectivity index (χ4v) is 6.16. The first kappa shape index (κ1) is 30.5. The number of nitrogens with one attached hydrogen (secondary N) is 1. The molecule has 2 unspecified atom stereocenters. The van der Waals surface area contributed by atoms with Crippen molar-refractivity contribution in [3.8, 4) is 11.5 Å². The van der Waals surface area contributed by atoms with Crippen LogP contribution in [-0.4, -0.2) is 57.2 Å². The molecule has 9 nitrogen and oxygen atoms in total. The largest absolute Gasteiger partial charge is 0.508 e. The number of hydrogen-bond acceptors (Lipinski definition) is 9. The van der Waals surface area contributed by atoms with Crippen LogP contribution >= 0.6 is 23.5 Å². The summed E-state index contributed by atoms with van der Waals surface area (Å²) in [5.74, 6) is 0.103. The highest BCUT2D eigenvalue weighted by Crippen LogP contribution is 2.40. The Morgan fingerprint density at radius 1 is 1.12 bits per heavy atom. The number of thioether (sulfide) groups is 2. The highest BCUT2D eigenvalue weighted by molar-refractivity contribution is 8.00. The van der Waals surface area contributed by atoms with E-state index in [0.717, 1.165) is 16.7 Å². The average molecular weight is 599 g/mol. The number of β-lactam (4-membered cyclic amide) rings is 1. The topological polar surface area (TPSA) is 122 Å². The molecule has 1 saturated heterocycles. The standard InChI is InChI=1S/C30H34N2O7S2/c1-17-15-41-27-24(31-23(34)13-19-8-11-22(33)20(12-19)16-40-5)26(35)32(27)25(17)28(36)38-14-18-6-9-21(10-7-18)39-29(37)30(2,3)4/h6-12,24,27,33H,13-16H2,1-5H3,(H,31,34). The van der Waals surface area contributed by atoms with Gasteiger partial charge in [-0.3, -0.25) is 19.3 Å². The minimum Gasteiger partial charge on any atom is -0.508 e. The fourth-order valence-electron chi connectivity index (χ4n) is 4.32. The molecule has 2 aromatic carbocycles. The van der Waals surface area contributed by atoms with E-state index in [9.17, 15) is 24.3 Å². The third-order valence-electron chi connectivity index (χ3n) is 6.59. The maximum Gasteiger partial charge on any atom is 0.355 e. The monoisotopic (exact) mass is 598 g/mol. The van der Waals surface area contributed by atoms with Gasteiger partial charge >= 0.3 is 11.9 Å². The molecule has 2 aromatic rings. The third-order valence-corrected chi connectivity index (χ3v) is 8.62. The highest BCUT2D eigenvalue weighted by atomic mass is 32.2. The van der Waals surface area contributed by atoms with E-state index in [1.54, 1.807) is 81.9 Å². The second-order valence-corrected chi connectivity index (χ2v) is 13.0. The first-order chi connectivity index (χ1) is 19.4. The van der Waals surface area contributed by atoms with Crippen LogP contribution in [-0.2, 0) is 42.7 Å². The normalized spacial score (nSPS) is 18.4. The summed E-state index contributed by atoms with van der Waals surface area (Å²) >= 11 is 3.05. The number of benzene rings is 2.